The smallest absolute Gasteiger partial charge is 0.322 e. The first kappa shape index (κ1) is 22.1. The molecule has 0 fully saturated rings. The number of nitrogens with one attached hydrogen (secondary N) is 3. The summed E-state index contributed by atoms with van der Waals surface area (Å²) >= 11 is 6.02. The maximum atomic E-state index is 11.9. The van der Waals surface area contributed by atoms with Crippen molar-refractivity contribution in [1.82, 2.24) is 16.0 Å². The lowest BCUT2D eigenvalue weighted by atomic mass is 10.1. The number of thioether (sulfide) groups is 1. The second-order valence-electron chi connectivity index (χ2n) is 4.56. The monoisotopic (exact) mass is 380 g/mol. The highest BCUT2D eigenvalue weighted by atomic mass is 32.2. The molecule has 12 heteroatoms. The first-order valence-electron chi connectivity index (χ1n) is 6.79. The predicted octanol–water partition coefficient (Wildman–Crippen LogP) is -1.90. The van der Waals surface area contributed by atoms with Gasteiger partial charge >= 0.3 is 11.9 Å². The number of carbonyl (C=O) groups excluding carboxylic acids is 2. The van der Waals surface area contributed by atoms with E-state index in [2.05, 4.69) is 16.0 Å². The van der Waals surface area contributed by atoms with Gasteiger partial charge in [-0.15, -0.1) is 0 Å². The van der Waals surface area contributed by atoms with E-state index in [-0.39, 0.29) is 18.6 Å². The summed E-state index contributed by atoms with van der Waals surface area (Å²) in [5, 5.41) is 24.5. The second kappa shape index (κ2) is 11.6. The molecule has 0 heterocycles. The fourth-order valence-corrected chi connectivity index (χ4v) is 2.28. The van der Waals surface area contributed by atoms with E-state index in [0.29, 0.717) is 4.32 Å². The number of amides is 2. The number of carboxylic acid groups (broad SMARTS) is 2. The Kier molecular flexibility index (Phi) is 10.7. The zero-order chi connectivity index (χ0) is 18.7. The molecule has 7 N–H and O–H groups in total. The normalized spacial score (nSPS) is 12.6. The molecule has 24 heavy (non-hydrogen) atoms. The van der Waals surface area contributed by atoms with E-state index < -0.39 is 42.4 Å². The van der Waals surface area contributed by atoms with Crippen LogP contribution in [0.4, 0.5) is 0 Å². The first-order valence-corrected chi connectivity index (χ1v) is 8.18. The van der Waals surface area contributed by atoms with Crippen molar-refractivity contribution in [2.75, 3.05) is 19.3 Å². The third-order valence-electron chi connectivity index (χ3n) is 2.65. The predicted molar refractivity (Wildman–Crippen MR) is 91.5 cm³/mol. The Hall–Kier alpha value is -1.92. The van der Waals surface area contributed by atoms with Gasteiger partial charge in [-0.3, -0.25) is 19.2 Å². The van der Waals surface area contributed by atoms with Crippen molar-refractivity contribution >= 4 is 52.1 Å². The Bertz CT molecular complexity index is 502. The Morgan fingerprint density at radius 3 is 2.38 bits per heavy atom. The topological polar surface area (TPSA) is 171 Å². The Morgan fingerprint density at radius 1 is 1.25 bits per heavy atom. The highest BCUT2D eigenvalue weighted by molar-refractivity contribution is 8.23. The number of carbonyl (C=O) groups is 4. The number of aliphatic carboxylic acids is 2. The molecule has 10 nitrogen and oxygen atoms in total. The van der Waals surface area contributed by atoms with Crippen LogP contribution in [0.3, 0.4) is 0 Å². The van der Waals surface area contributed by atoms with Gasteiger partial charge in [-0.2, -0.15) is 0 Å². The summed E-state index contributed by atoms with van der Waals surface area (Å²) in [5.74, 6) is -3.62. The van der Waals surface area contributed by atoms with Gasteiger partial charge in [0, 0.05) is 19.2 Å². The number of rotatable bonds is 10. The fourth-order valence-electron chi connectivity index (χ4n) is 1.38. The summed E-state index contributed by atoms with van der Waals surface area (Å²) in [5.41, 5.74) is 5.30. The molecule has 0 spiro atoms. The van der Waals surface area contributed by atoms with Gasteiger partial charge in [0.25, 0.3) is 0 Å². The van der Waals surface area contributed by atoms with E-state index in [1.807, 2.05) is 0 Å². The van der Waals surface area contributed by atoms with Gasteiger partial charge in [0.05, 0.1) is 0 Å². The molecule has 136 valence electrons. The van der Waals surface area contributed by atoms with Crippen LogP contribution in [-0.2, 0) is 19.2 Å². The third kappa shape index (κ3) is 9.97. The molecule has 0 radical (unpaired) electrons. The molecule has 0 aliphatic carbocycles. The fraction of sp³-hybridized carbons (Fsp3) is 0.583. The minimum absolute atomic E-state index is 0.0852. The molecule has 0 aromatic rings. The van der Waals surface area contributed by atoms with Crippen LogP contribution in [0.15, 0.2) is 0 Å². The number of carboxylic acids is 2. The molecular formula is C12H20N4O6S2. The van der Waals surface area contributed by atoms with Crippen LogP contribution in [-0.4, -0.2) is 69.7 Å². The van der Waals surface area contributed by atoms with E-state index in [4.69, 9.17) is 28.2 Å². The Balaban J connectivity index is 4.63. The molecule has 0 saturated carbocycles. The number of hydrogen-bond acceptors (Lipinski definition) is 7. The van der Waals surface area contributed by atoms with Crippen molar-refractivity contribution in [3.05, 3.63) is 0 Å². The molecule has 0 unspecified atom stereocenters. The van der Waals surface area contributed by atoms with Gasteiger partial charge < -0.3 is 31.9 Å². The largest absolute Gasteiger partial charge is 0.480 e. The molecule has 0 saturated heterocycles. The summed E-state index contributed by atoms with van der Waals surface area (Å²) in [4.78, 5) is 44.9. The summed E-state index contributed by atoms with van der Waals surface area (Å²) in [6, 6.07) is -2.20. The van der Waals surface area contributed by atoms with Crippen molar-refractivity contribution in [3.8, 4) is 0 Å². The van der Waals surface area contributed by atoms with Crippen molar-refractivity contribution in [1.29, 1.82) is 0 Å². The van der Waals surface area contributed by atoms with Crippen LogP contribution >= 0.6 is 24.0 Å². The van der Waals surface area contributed by atoms with Gasteiger partial charge in [0.2, 0.25) is 11.8 Å². The van der Waals surface area contributed by atoms with Crippen LogP contribution in [0.2, 0.25) is 0 Å². The molecule has 0 aromatic carbocycles. The van der Waals surface area contributed by atoms with Crippen LogP contribution in [0.1, 0.15) is 12.8 Å². The Morgan fingerprint density at radius 2 is 1.88 bits per heavy atom. The molecular weight excluding hydrogens is 360 g/mol. The van der Waals surface area contributed by atoms with Gasteiger partial charge in [0.15, 0.2) is 0 Å². The third-order valence-corrected chi connectivity index (χ3v) is 4.17. The van der Waals surface area contributed by atoms with Gasteiger partial charge in [-0.25, -0.2) is 0 Å². The van der Waals surface area contributed by atoms with E-state index in [0.717, 1.165) is 11.8 Å². The SMILES string of the molecule is CNC(=S)SC[C@H](NC(=O)CC[C@H](N)C(=O)O)C(=O)NCC(=O)O. The minimum atomic E-state index is -1.23. The minimum Gasteiger partial charge on any atom is -0.480 e. The van der Waals surface area contributed by atoms with Crippen LogP contribution in [0.5, 0.6) is 0 Å². The molecule has 0 rings (SSSR count). The van der Waals surface area contributed by atoms with Gasteiger partial charge in [-0.05, 0) is 6.42 Å². The molecule has 0 aromatic heterocycles. The number of thiocarbonyl (C=S) groups is 1. The number of nitrogens with two attached hydrogens (primary N) is 1. The standard InChI is InChI=1S/C12H20N4O6S2/c1-14-12(23)24-5-7(10(20)15-4-9(18)19)16-8(17)3-2-6(13)11(21)22/h6-7H,2-5,13H2,1H3,(H,14,23)(H,15,20)(H,16,17)(H,18,19)(H,21,22)/t6-,7-/m0/s1. The van der Waals surface area contributed by atoms with Crippen LogP contribution in [0.25, 0.3) is 0 Å². The molecule has 0 aliphatic rings. The molecule has 2 amide bonds. The Labute approximate surface area is 147 Å². The van der Waals surface area contributed by atoms with Crippen molar-refractivity contribution < 1.29 is 29.4 Å². The van der Waals surface area contributed by atoms with Crippen LogP contribution < -0.4 is 21.7 Å². The van der Waals surface area contributed by atoms with E-state index in [1.54, 1.807) is 7.05 Å². The summed E-state index contributed by atoms with van der Waals surface area (Å²) in [6.45, 7) is -0.587. The zero-order valence-corrected chi connectivity index (χ0v) is 14.5. The van der Waals surface area contributed by atoms with E-state index in [1.165, 1.54) is 0 Å². The average Bonchev–Trinajstić information content (AvgIpc) is 2.53. The quantitative estimate of drug-likeness (QED) is 0.235. The maximum Gasteiger partial charge on any atom is 0.322 e. The number of hydrogen-bond donors (Lipinski definition) is 6. The van der Waals surface area contributed by atoms with Crippen molar-refractivity contribution in [3.63, 3.8) is 0 Å². The summed E-state index contributed by atoms with van der Waals surface area (Å²) in [6.07, 6.45) is -0.274. The van der Waals surface area contributed by atoms with Gasteiger partial charge in [0.1, 0.15) is 22.9 Å². The summed E-state index contributed by atoms with van der Waals surface area (Å²) in [7, 11) is 1.60. The highest BCUT2D eigenvalue weighted by Crippen LogP contribution is 2.06. The van der Waals surface area contributed by atoms with Gasteiger partial charge in [-0.1, -0.05) is 24.0 Å². The zero-order valence-electron chi connectivity index (χ0n) is 12.9. The van der Waals surface area contributed by atoms with Crippen molar-refractivity contribution in [2.45, 2.75) is 24.9 Å². The molecule has 0 bridgehead atoms. The highest BCUT2D eigenvalue weighted by Gasteiger charge is 2.22. The van der Waals surface area contributed by atoms with Crippen molar-refractivity contribution in [2.24, 2.45) is 5.73 Å². The molecule has 0 aliphatic heterocycles. The lowest BCUT2D eigenvalue weighted by Gasteiger charge is -2.18. The lowest BCUT2D eigenvalue weighted by Crippen LogP contribution is -2.49. The van der Waals surface area contributed by atoms with E-state index >= 15 is 0 Å². The maximum absolute atomic E-state index is 11.9. The summed E-state index contributed by atoms with van der Waals surface area (Å²) < 4.78 is 0.396. The second-order valence-corrected chi connectivity index (χ2v) is 6.26. The molecule has 2 atom stereocenters. The van der Waals surface area contributed by atoms with Crippen LogP contribution in [0, 0.1) is 0 Å². The van der Waals surface area contributed by atoms with E-state index in [9.17, 15) is 19.2 Å². The lowest BCUT2D eigenvalue weighted by molar-refractivity contribution is -0.139. The average molecular weight is 380 g/mol. The first-order chi connectivity index (χ1) is 11.2.